The van der Waals surface area contributed by atoms with Crippen LogP contribution in [-0.2, 0) is 6.42 Å². The molecular formula is C15H14BrN5O3. The van der Waals surface area contributed by atoms with Gasteiger partial charge in [-0.1, -0.05) is 6.92 Å². The number of hydrogen-bond acceptors (Lipinski definition) is 5. The van der Waals surface area contributed by atoms with Gasteiger partial charge in [0.1, 0.15) is 5.82 Å². The fourth-order valence-corrected chi connectivity index (χ4v) is 2.45. The van der Waals surface area contributed by atoms with Crippen LogP contribution in [0.4, 0.5) is 5.82 Å². The second-order valence-corrected chi connectivity index (χ2v) is 5.84. The summed E-state index contributed by atoms with van der Waals surface area (Å²) >= 11 is 3.15. The molecule has 8 nitrogen and oxygen atoms in total. The Labute approximate surface area is 145 Å². The fourth-order valence-electron chi connectivity index (χ4n) is 2.14. The molecule has 0 aromatic carbocycles. The summed E-state index contributed by atoms with van der Waals surface area (Å²) in [6.07, 6.45) is 0.610. The van der Waals surface area contributed by atoms with Gasteiger partial charge in [0.15, 0.2) is 10.4 Å². The molecule has 0 spiro atoms. The minimum Gasteiger partial charge on any atom is -0.444 e. The number of amides is 1. The summed E-state index contributed by atoms with van der Waals surface area (Å²) in [5.41, 5.74) is 1.02. The van der Waals surface area contributed by atoms with Gasteiger partial charge in [0, 0.05) is 17.8 Å². The Morgan fingerprint density at radius 3 is 2.88 bits per heavy atom. The summed E-state index contributed by atoms with van der Waals surface area (Å²) in [4.78, 5) is 31.0. The zero-order valence-electron chi connectivity index (χ0n) is 13.0. The zero-order valence-corrected chi connectivity index (χ0v) is 14.5. The molecule has 9 heteroatoms. The molecule has 1 amide bonds. The van der Waals surface area contributed by atoms with E-state index in [2.05, 4.69) is 36.3 Å². The Bertz CT molecular complexity index is 956. The molecule has 2 N–H and O–H groups in total. The monoisotopic (exact) mass is 391 g/mol. The van der Waals surface area contributed by atoms with Gasteiger partial charge in [-0.15, -0.1) is 0 Å². The first kappa shape index (κ1) is 16.2. The second-order valence-electron chi connectivity index (χ2n) is 5.05. The molecule has 0 bridgehead atoms. The third-order valence-electron chi connectivity index (χ3n) is 3.22. The summed E-state index contributed by atoms with van der Waals surface area (Å²) in [6, 6.07) is 6.28. The molecule has 24 heavy (non-hydrogen) atoms. The number of nitrogens with zero attached hydrogens (tertiary/aromatic N) is 3. The molecular weight excluding hydrogens is 378 g/mol. The number of rotatable bonds is 4. The second kappa shape index (κ2) is 6.44. The van der Waals surface area contributed by atoms with E-state index < -0.39 is 5.91 Å². The zero-order chi connectivity index (χ0) is 17.3. The number of aromatic nitrogens is 4. The highest BCUT2D eigenvalue weighted by atomic mass is 79.9. The number of furan rings is 1. The summed E-state index contributed by atoms with van der Waals surface area (Å²) < 4.78 is 7.07. The van der Waals surface area contributed by atoms with E-state index in [4.69, 9.17) is 4.42 Å². The first-order valence-electron chi connectivity index (χ1n) is 7.20. The average Bonchev–Trinajstić information content (AvgIpc) is 3.12. The molecule has 0 saturated heterocycles. The molecule has 0 saturated carbocycles. The van der Waals surface area contributed by atoms with E-state index >= 15 is 0 Å². The van der Waals surface area contributed by atoms with Crippen LogP contribution in [0.5, 0.6) is 0 Å². The standard InChI is InChI=1S/C15H14BrN5O3/c1-3-9-7-13(22)19-15(17-9)21-12(6-8(2)20-21)18-14(23)10-4-5-11(16)24-10/h4-7H,3H2,1-2H3,(H,18,23)(H,17,19,22). The van der Waals surface area contributed by atoms with Crippen molar-refractivity contribution in [3.05, 3.63) is 56.4 Å². The normalized spacial score (nSPS) is 10.8. The van der Waals surface area contributed by atoms with E-state index in [1.54, 1.807) is 25.1 Å². The number of anilines is 1. The lowest BCUT2D eigenvalue weighted by Crippen LogP contribution is -2.19. The molecule has 0 fully saturated rings. The van der Waals surface area contributed by atoms with Crippen LogP contribution < -0.4 is 10.9 Å². The Morgan fingerprint density at radius 1 is 1.42 bits per heavy atom. The van der Waals surface area contributed by atoms with Crippen molar-refractivity contribution in [3.8, 4) is 5.95 Å². The van der Waals surface area contributed by atoms with Crippen LogP contribution in [0.15, 0.2) is 38.1 Å². The Kier molecular flexibility index (Phi) is 4.34. The number of aryl methyl sites for hydroxylation is 2. The number of hydrogen-bond donors (Lipinski definition) is 2. The molecule has 0 radical (unpaired) electrons. The summed E-state index contributed by atoms with van der Waals surface area (Å²) in [7, 11) is 0. The fraction of sp³-hybridized carbons (Fsp3) is 0.200. The van der Waals surface area contributed by atoms with Crippen LogP contribution in [0.3, 0.4) is 0 Å². The van der Waals surface area contributed by atoms with Crippen molar-refractivity contribution in [2.75, 3.05) is 5.32 Å². The van der Waals surface area contributed by atoms with Gasteiger partial charge in [-0.3, -0.25) is 14.6 Å². The molecule has 3 aromatic rings. The van der Waals surface area contributed by atoms with E-state index in [0.29, 0.717) is 28.3 Å². The van der Waals surface area contributed by atoms with E-state index in [9.17, 15) is 9.59 Å². The molecule has 0 aliphatic heterocycles. The van der Waals surface area contributed by atoms with Gasteiger partial charge in [0.25, 0.3) is 11.5 Å². The van der Waals surface area contributed by atoms with Gasteiger partial charge < -0.3 is 9.73 Å². The van der Waals surface area contributed by atoms with Crippen LogP contribution >= 0.6 is 15.9 Å². The maximum Gasteiger partial charge on any atom is 0.292 e. The van der Waals surface area contributed by atoms with Crippen molar-refractivity contribution in [2.45, 2.75) is 20.3 Å². The number of carbonyl (C=O) groups excluding carboxylic acids is 1. The van der Waals surface area contributed by atoms with Crippen molar-refractivity contribution in [2.24, 2.45) is 0 Å². The Hall–Kier alpha value is -2.68. The van der Waals surface area contributed by atoms with Gasteiger partial charge in [0.05, 0.1) is 5.69 Å². The summed E-state index contributed by atoms with van der Waals surface area (Å²) in [6.45, 7) is 3.68. The first-order chi connectivity index (χ1) is 11.5. The molecule has 0 unspecified atom stereocenters. The average molecular weight is 392 g/mol. The number of H-pyrrole nitrogens is 1. The van der Waals surface area contributed by atoms with Crippen LogP contribution in [-0.4, -0.2) is 25.7 Å². The van der Waals surface area contributed by atoms with Gasteiger partial charge in [-0.25, -0.2) is 4.98 Å². The number of halogens is 1. The summed E-state index contributed by atoms with van der Waals surface area (Å²) in [5, 5.41) is 6.98. The maximum absolute atomic E-state index is 12.3. The van der Waals surface area contributed by atoms with Gasteiger partial charge in [0.2, 0.25) is 5.95 Å². The summed E-state index contributed by atoms with van der Waals surface area (Å²) in [5.74, 6) is 0.330. The van der Waals surface area contributed by atoms with Crippen LogP contribution in [0, 0.1) is 6.92 Å². The lowest BCUT2D eigenvalue weighted by Gasteiger charge is -2.07. The third-order valence-corrected chi connectivity index (χ3v) is 3.64. The number of aromatic amines is 1. The van der Waals surface area contributed by atoms with Crippen molar-refractivity contribution in [1.29, 1.82) is 0 Å². The van der Waals surface area contributed by atoms with Crippen molar-refractivity contribution in [1.82, 2.24) is 19.7 Å². The third kappa shape index (κ3) is 3.30. The van der Waals surface area contributed by atoms with Crippen LogP contribution in [0.25, 0.3) is 5.95 Å². The number of carbonyl (C=O) groups is 1. The minimum atomic E-state index is -0.434. The van der Waals surface area contributed by atoms with Crippen molar-refractivity contribution in [3.63, 3.8) is 0 Å². The van der Waals surface area contributed by atoms with Crippen molar-refractivity contribution < 1.29 is 9.21 Å². The predicted molar refractivity (Wildman–Crippen MR) is 90.5 cm³/mol. The van der Waals surface area contributed by atoms with Crippen molar-refractivity contribution >= 4 is 27.7 Å². The smallest absolute Gasteiger partial charge is 0.292 e. The SMILES string of the molecule is CCc1cc(=O)[nH]c(-n2nc(C)cc2NC(=O)c2ccc(Br)o2)n1. The van der Waals surface area contributed by atoms with Gasteiger partial charge in [-0.2, -0.15) is 9.78 Å². The molecule has 3 rings (SSSR count). The number of nitrogens with one attached hydrogen (secondary N) is 2. The maximum atomic E-state index is 12.3. The van der Waals surface area contributed by atoms with Gasteiger partial charge >= 0.3 is 0 Å². The largest absolute Gasteiger partial charge is 0.444 e. The Balaban J connectivity index is 1.98. The molecule has 3 heterocycles. The van der Waals surface area contributed by atoms with E-state index in [1.165, 1.54) is 10.7 Å². The predicted octanol–water partition coefficient (Wildman–Crippen LogP) is 2.43. The highest BCUT2D eigenvalue weighted by Crippen LogP contribution is 2.18. The quantitative estimate of drug-likeness (QED) is 0.710. The lowest BCUT2D eigenvalue weighted by molar-refractivity contribution is 0.0994. The Morgan fingerprint density at radius 2 is 2.21 bits per heavy atom. The molecule has 3 aromatic heterocycles. The van der Waals surface area contributed by atoms with Crippen LogP contribution in [0.1, 0.15) is 28.9 Å². The molecule has 0 aliphatic rings. The molecule has 0 atom stereocenters. The van der Waals surface area contributed by atoms with E-state index in [1.807, 2.05) is 6.92 Å². The lowest BCUT2D eigenvalue weighted by atomic mass is 10.3. The first-order valence-corrected chi connectivity index (χ1v) is 7.99. The van der Waals surface area contributed by atoms with Gasteiger partial charge in [-0.05, 0) is 41.4 Å². The molecule has 0 aliphatic carbocycles. The van der Waals surface area contributed by atoms with Crippen LogP contribution in [0.2, 0.25) is 0 Å². The minimum absolute atomic E-state index is 0.149. The topological polar surface area (TPSA) is 106 Å². The van der Waals surface area contributed by atoms with E-state index in [0.717, 1.165) is 0 Å². The molecule has 124 valence electrons. The highest BCUT2D eigenvalue weighted by Gasteiger charge is 2.16. The highest BCUT2D eigenvalue weighted by molar-refractivity contribution is 9.10. The van der Waals surface area contributed by atoms with E-state index in [-0.39, 0.29) is 17.3 Å².